The third-order valence-corrected chi connectivity index (χ3v) is 21.9. The summed E-state index contributed by atoms with van der Waals surface area (Å²) in [6.45, 7) is -6.96. The van der Waals surface area contributed by atoms with Crippen LogP contribution in [0.5, 0.6) is 0 Å². The standard InChI is InChI=1S/C64H96O60/c65-3-9(70)34-15(72)8(69)1-64(123-34,62(103)104)124-45-21(78)16(73)12(5-67)109-60(45)107-11-2-63(105,61(101)102)122-35(10(71)4-66)36(11)111-58-33(90)38(113-54-28(85)19(76)22(79)41(116-54)48(91)92)18(75)14(110-58)7-106-53-32(89)37(17(74)13(6-68)108-53)112-56-30(87)27(84)40(47(120-56)52(99)100)115-59-44(25(82)24(81)43(118-59)50(95)96)119-57-31(88)26(83)39(46(121-57)51(97)98)114-55-29(86)20(77)23(80)42(117-55)49(93)94/h8-47,53-60,65-90,105H,1-7H2,(H,91,92)(H,93,94)(H,95,96)(H,97,98)(H,99,100)(H,101,102)(H,103,104)/t8-,9-,10-,11-,12-,13-,14-,15-,16-,17-,18+,19+,20+,21+,22+,23-,24+,25+,26-,27-,28-,29-,30-,31-,32-,33-,34-,35-,36-,37+,38+,39-,40-,41+,42+,43+,44-,45-,46+,47+,53-,54+,55-,56+,57+,58-,59-,60+,63-,64+/m1/s1. The normalized spacial score (nSPS) is 49.6. The van der Waals surface area contributed by atoms with E-state index < -0.39 is 394 Å². The van der Waals surface area contributed by atoms with E-state index in [2.05, 4.69) is 0 Å². The van der Waals surface area contributed by atoms with Crippen molar-refractivity contribution in [1.29, 1.82) is 0 Å². The smallest absolute Gasteiger partial charge is 0.364 e. The van der Waals surface area contributed by atoms with E-state index in [4.69, 9.17) is 90.0 Å². The summed E-state index contributed by atoms with van der Waals surface area (Å²) in [6, 6.07) is 0. The van der Waals surface area contributed by atoms with Crippen LogP contribution in [0.15, 0.2) is 0 Å². The molecule has 10 saturated heterocycles. The van der Waals surface area contributed by atoms with Crippen LogP contribution in [-0.2, 0) is 124 Å². The first-order valence-electron chi connectivity index (χ1n) is 37.3. The average Bonchev–Trinajstić information content (AvgIpc) is 0.752. The Bertz CT molecular complexity index is 3590. The zero-order valence-electron chi connectivity index (χ0n) is 63.0. The van der Waals surface area contributed by atoms with Crippen LogP contribution in [0.2, 0.25) is 0 Å². The fourth-order valence-electron chi connectivity index (χ4n) is 15.1. The van der Waals surface area contributed by atoms with Crippen molar-refractivity contribution in [1.82, 2.24) is 0 Å². The van der Waals surface area contributed by atoms with Gasteiger partial charge in [0.2, 0.25) is 0 Å². The molecule has 0 unspecified atom stereocenters. The minimum absolute atomic E-state index is 1.29. The van der Waals surface area contributed by atoms with Crippen molar-refractivity contribution in [3.05, 3.63) is 0 Å². The molecule has 0 radical (unpaired) electrons. The second-order valence-electron chi connectivity index (χ2n) is 30.1. The number of ether oxygens (including phenoxy) is 19. The van der Waals surface area contributed by atoms with E-state index in [1.807, 2.05) is 0 Å². The largest absolute Gasteiger partial charge is 0.479 e. The number of aliphatic hydroxyl groups is 27. The van der Waals surface area contributed by atoms with Crippen molar-refractivity contribution in [2.45, 2.75) is 319 Å². The first-order chi connectivity index (χ1) is 58.0. The number of aliphatic carboxylic acids is 7. The highest BCUT2D eigenvalue weighted by Crippen LogP contribution is 2.44. The van der Waals surface area contributed by atoms with Crippen LogP contribution < -0.4 is 0 Å². The average molecular weight is 1830 g/mol. The van der Waals surface area contributed by atoms with Crippen LogP contribution in [0.4, 0.5) is 0 Å². The molecule has 712 valence electrons. The Kier molecular flexibility index (Phi) is 33.1. The van der Waals surface area contributed by atoms with Gasteiger partial charge < -0.3 is 264 Å². The Hall–Kier alpha value is -5.55. The molecule has 10 aliphatic heterocycles. The molecule has 0 spiro atoms. The van der Waals surface area contributed by atoms with E-state index in [0.29, 0.717) is 0 Å². The molecular formula is C64H96O60. The molecule has 0 aromatic heterocycles. The van der Waals surface area contributed by atoms with Gasteiger partial charge in [-0.25, -0.2) is 33.6 Å². The van der Waals surface area contributed by atoms with E-state index in [-0.39, 0.29) is 0 Å². The van der Waals surface area contributed by atoms with Crippen LogP contribution in [0, 0.1) is 0 Å². The van der Waals surface area contributed by atoms with E-state index in [1.54, 1.807) is 0 Å². The lowest BCUT2D eigenvalue weighted by molar-refractivity contribution is -0.409. The van der Waals surface area contributed by atoms with Gasteiger partial charge in [0.1, 0.15) is 201 Å². The lowest BCUT2D eigenvalue weighted by Crippen LogP contribution is -2.70. The minimum Gasteiger partial charge on any atom is -0.479 e. The monoisotopic (exact) mass is 1820 g/mol. The van der Waals surface area contributed by atoms with Crippen molar-refractivity contribution < 1.29 is 297 Å². The molecule has 60 heteroatoms. The quantitative estimate of drug-likeness (QED) is 0.0297. The lowest BCUT2D eigenvalue weighted by Gasteiger charge is -2.51. The number of hydrogen-bond acceptors (Lipinski definition) is 53. The molecule has 0 aromatic carbocycles. The number of carboxylic acid groups (broad SMARTS) is 7. The van der Waals surface area contributed by atoms with Crippen molar-refractivity contribution in [3.8, 4) is 0 Å². The summed E-state index contributed by atoms with van der Waals surface area (Å²) >= 11 is 0. The fourth-order valence-corrected chi connectivity index (χ4v) is 15.1. The molecular weight excluding hydrogens is 1730 g/mol. The van der Waals surface area contributed by atoms with Crippen LogP contribution in [0.25, 0.3) is 0 Å². The van der Waals surface area contributed by atoms with Crippen molar-refractivity contribution in [2.75, 3.05) is 33.0 Å². The highest BCUT2D eigenvalue weighted by Gasteiger charge is 2.66. The van der Waals surface area contributed by atoms with Gasteiger partial charge in [-0.05, 0) is 0 Å². The Morgan fingerprint density at radius 2 is 0.653 bits per heavy atom. The number of carboxylic acids is 7. The Morgan fingerprint density at radius 1 is 0.306 bits per heavy atom. The van der Waals surface area contributed by atoms with E-state index in [1.165, 1.54) is 0 Å². The second-order valence-corrected chi connectivity index (χ2v) is 30.1. The highest BCUT2D eigenvalue weighted by molar-refractivity contribution is 5.77. The zero-order valence-corrected chi connectivity index (χ0v) is 63.0. The van der Waals surface area contributed by atoms with Crippen molar-refractivity contribution in [3.63, 3.8) is 0 Å². The number of hydrogen-bond donors (Lipinski definition) is 34. The first-order valence-corrected chi connectivity index (χ1v) is 37.3. The highest BCUT2D eigenvalue weighted by atomic mass is 16.8. The van der Waals surface area contributed by atoms with Crippen molar-refractivity contribution >= 4 is 41.8 Å². The maximum atomic E-state index is 13.2. The van der Waals surface area contributed by atoms with Gasteiger partial charge in [0, 0.05) is 12.8 Å². The topological polar surface area (TPSA) is 983 Å². The molecule has 60 nitrogen and oxygen atoms in total. The number of rotatable bonds is 32. The van der Waals surface area contributed by atoms with Crippen LogP contribution >= 0.6 is 0 Å². The molecule has 0 bridgehead atoms. The van der Waals surface area contributed by atoms with Gasteiger partial charge in [-0.15, -0.1) is 0 Å². The van der Waals surface area contributed by atoms with Gasteiger partial charge in [0.15, 0.2) is 80.8 Å². The van der Waals surface area contributed by atoms with Gasteiger partial charge in [0.05, 0.1) is 45.2 Å². The van der Waals surface area contributed by atoms with Gasteiger partial charge in [-0.3, -0.25) is 0 Å². The summed E-state index contributed by atoms with van der Waals surface area (Å²) in [7, 11) is 0. The predicted molar refractivity (Wildman–Crippen MR) is 355 cm³/mol. The fraction of sp³-hybridized carbons (Fsp3) is 0.891. The lowest BCUT2D eigenvalue weighted by atomic mass is 9.91. The third-order valence-electron chi connectivity index (χ3n) is 21.9. The molecule has 0 aliphatic carbocycles. The molecule has 0 saturated carbocycles. The summed E-state index contributed by atoms with van der Waals surface area (Å²) in [6.07, 6.45) is -126. The maximum Gasteiger partial charge on any atom is 0.364 e. The second kappa shape index (κ2) is 40.9. The molecule has 10 rings (SSSR count). The van der Waals surface area contributed by atoms with Crippen molar-refractivity contribution in [2.24, 2.45) is 0 Å². The van der Waals surface area contributed by atoms with Gasteiger partial charge >= 0.3 is 41.8 Å². The summed E-state index contributed by atoms with van der Waals surface area (Å²) < 4.78 is 105. The van der Waals surface area contributed by atoms with E-state index in [9.17, 15) is 207 Å². The molecule has 10 aliphatic rings. The Balaban J connectivity index is 0.917. The molecule has 0 aromatic rings. The van der Waals surface area contributed by atoms with Gasteiger partial charge in [-0.1, -0.05) is 0 Å². The van der Waals surface area contributed by atoms with Crippen LogP contribution in [0.3, 0.4) is 0 Å². The molecule has 10 heterocycles. The zero-order chi connectivity index (χ0) is 92.1. The van der Waals surface area contributed by atoms with Gasteiger partial charge in [-0.2, -0.15) is 0 Å². The number of carbonyl (C=O) groups is 7. The Morgan fingerprint density at radius 3 is 1.10 bits per heavy atom. The molecule has 124 heavy (non-hydrogen) atoms. The summed E-state index contributed by atoms with van der Waals surface area (Å²) in [5.41, 5.74) is 0. The number of aliphatic hydroxyl groups excluding tert-OH is 26. The molecule has 10 fully saturated rings. The Labute approximate surface area is 689 Å². The third kappa shape index (κ3) is 20.3. The van der Waals surface area contributed by atoms with Crippen LogP contribution in [-0.4, -0.2) is 554 Å². The van der Waals surface area contributed by atoms with E-state index >= 15 is 0 Å². The molecule has 50 atom stereocenters. The van der Waals surface area contributed by atoms with E-state index in [0.717, 1.165) is 0 Å². The predicted octanol–water partition coefficient (Wildman–Crippen LogP) is -22.7. The maximum absolute atomic E-state index is 13.2. The minimum atomic E-state index is -3.70. The summed E-state index contributed by atoms with van der Waals surface area (Å²) in [5.74, 6) is -22.4. The van der Waals surface area contributed by atoms with Crippen LogP contribution in [0.1, 0.15) is 12.8 Å². The first kappa shape index (κ1) is 101. The summed E-state index contributed by atoms with van der Waals surface area (Å²) in [4.78, 5) is 88.4. The van der Waals surface area contributed by atoms with Gasteiger partial charge in [0.25, 0.3) is 11.6 Å². The summed E-state index contributed by atoms with van der Waals surface area (Å²) in [5, 5.41) is 370. The SMILES string of the molecule is O=C(O)[C@H]1O[C@@H](O[C@@H]2[C@H](O)[C@@H](O)[C@@H](O[C@H]3[C@H](O[C@@H]4[C@H](O)[C@@H](O)[C@@H](O[C@@H]5[C@@H](O)[C@H](OC[C@H]6O[C@H](O[C@H]7[C@@H]([C@H](O)CO)O[C@@](O)(C(=O)O)C[C@H]7O[C@H]7O[C@H](CO)[C@@H](O)[C@H](O)[C@H]7O[C@]7(C(=O)O)C[C@@H](O)[C@@H](O)[C@@H]([C@H](O)CO)O7)[C@H](O)[C@@H](O[C@H]7O[C@H](C(=O)O)[C@@H](O)[C@H](O)[C@H]7O)[C@H]6O)O[C@H](CO)[C@H]5O)O[C@@H]4C(=O)O)O[C@H](C(=O)O)[C@@H](O)[C@@H]3O)O[C@@H]2C(=O)O)[C@H](O)[C@@H](O)[C@H]1O. The molecule has 0 amide bonds. The molecule has 34 N–H and O–H groups in total.